The van der Waals surface area contributed by atoms with Gasteiger partial charge >= 0.3 is 0 Å². The van der Waals surface area contributed by atoms with E-state index in [1.807, 2.05) is 11.8 Å². The molecule has 3 atom stereocenters. The molecule has 0 saturated heterocycles. The van der Waals surface area contributed by atoms with Crippen LogP contribution in [0.1, 0.15) is 47.4 Å². The van der Waals surface area contributed by atoms with E-state index in [0.717, 1.165) is 23.5 Å². The summed E-state index contributed by atoms with van der Waals surface area (Å²) >= 11 is 2.03. The molecule has 7 aromatic carbocycles. The van der Waals surface area contributed by atoms with Crippen LogP contribution in [0.15, 0.2) is 282 Å². The van der Waals surface area contributed by atoms with Crippen LogP contribution in [-0.2, 0) is 5.41 Å². The number of hydrogen-bond acceptors (Lipinski definition) is 2. The molecule has 0 saturated carbocycles. The van der Waals surface area contributed by atoms with Crippen LogP contribution in [0, 0.1) is 0 Å². The lowest BCUT2D eigenvalue weighted by Gasteiger charge is -2.37. The van der Waals surface area contributed by atoms with E-state index in [0.29, 0.717) is 17.1 Å². The SMILES string of the molecule is C=C(/C=C\C1=C(C)C2=C(C=CC3c4ccccc4SC23)C1(c1ccccc1)c1ccccc1)N(C1=CCC(c2ccccc2)C=C1)c1ccc(-c2cccc(-c3ccccc3)c2)cc1. The number of hydrogen-bond donors (Lipinski definition) is 0. The third kappa shape index (κ3) is 6.90. The van der Waals surface area contributed by atoms with Gasteiger partial charge in [0, 0.05) is 39.1 Å². The highest BCUT2D eigenvalue weighted by atomic mass is 32.2. The molecule has 11 rings (SSSR count). The first kappa shape index (κ1) is 39.7. The molecular formula is C62H49NS. The molecule has 0 radical (unpaired) electrons. The first-order valence-electron chi connectivity index (χ1n) is 22.5. The zero-order chi connectivity index (χ0) is 43.0. The van der Waals surface area contributed by atoms with Crippen LogP contribution in [-0.4, -0.2) is 5.25 Å². The average molecular weight is 840 g/mol. The van der Waals surface area contributed by atoms with Crippen LogP contribution >= 0.6 is 11.8 Å². The number of anilines is 1. The van der Waals surface area contributed by atoms with Gasteiger partial charge in [0.15, 0.2) is 0 Å². The molecular weight excluding hydrogens is 791 g/mol. The Labute approximate surface area is 382 Å². The molecule has 2 heteroatoms. The predicted molar refractivity (Wildman–Crippen MR) is 270 cm³/mol. The molecule has 3 unspecified atom stereocenters. The van der Waals surface area contributed by atoms with Crippen molar-refractivity contribution in [1.82, 2.24) is 0 Å². The molecule has 0 fully saturated rings. The van der Waals surface area contributed by atoms with Crippen LogP contribution < -0.4 is 4.90 Å². The van der Waals surface area contributed by atoms with Crippen molar-refractivity contribution in [3.05, 3.63) is 299 Å². The summed E-state index contributed by atoms with van der Waals surface area (Å²) in [4.78, 5) is 3.72. The van der Waals surface area contributed by atoms with Gasteiger partial charge in [-0.05, 0) is 117 Å². The van der Waals surface area contributed by atoms with Gasteiger partial charge in [0.1, 0.15) is 0 Å². The van der Waals surface area contributed by atoms with E-state index < -0.39 is 5.41 Å². The zero-order valence-corrected chi connectivity index (χ0v) is 36.8. The second-order valence-electron chi connectivity index (χ2n) is 17.2. The van der Waals surface area contributed by atoms with Gasteiger partial charge in [-0.15, -0.1) is 11.8 Å². The Balaban J connectivity index is 1.01. The van der Waals surface area contributed by atoms with Crippen LogP contribution in [0.4, 0.5) is 5.69 Å². The first-order chi connectivity index (χ1) is 31.6. The minimum absolute atomic E-state index is 0.303. The predicted octanol–water partition coefficient (Wildman–Crippen LogP) is 16.0. The maximum absolute atomic E-state index is 4.87. The second-order valence-corrected chi connectivity index (χ2v) is 18.4. The van der Waals surface area contributed by atoms with Gasteiger partial charge in [0.2, 0.25) is 0 Å². The molecule has 308 valence electrons. The molecule has 7 aromatic rings. The molecule has 1 nitrogen and oxygen atoms in total. The van der Waals surface area contributed by atoms with Gasteiger partial charge in [-0.3, -0.25) is 0 Å². The summed E-state index contributed by atoms with van der Waals surface area (Å²) in [6, 6.07) is 70.6. The lowest BCUT2D eigenvalue weighted by Crippen LogP contribution is -2.31. The Morgan fingerprint density at radius 3 is 1.88 bits per heavy atom. The van der Waals surface area contributed by atoms with Crippen molar-refractivity contribution in [2.75, 3.05) is 4.90 Å². The van der Waals surface area contributed by atoms with Crippen molar-refractivity contribution in [3.63, 3.8) is 0 Å². The van der Waals surface area contributed by atoms with Gasteiger partial charge in [0.25, 0.3) is 0 Å². The lowest BCUT2D eigenvalue weighted by atomic mass is 9.65. The Hall–Kier alpha value is -7.13. The van der Waals surface area contributed by atoms with E-state index in [4.69, 9.17) is 6.58 Å². The maximum Gasteiger partial charge on any atom is 0.0707 e. The van der Waals surface area contributed by atoms with E-state index in [1.54, 1.807) is 0 Å². The minimum Gasteiger partial charge on any atom is -0.311 e. The van der Waals surface area contributed by atoms with E-state index in [2.05, 4.69) is 248 Å². The smallest absolute Gasteiger partial charge is 0.0707 e. The van der Waals surface area contributed by atoms with Crippen LogP contribution in [0.3, 0.4) is 0 Å². The fourth-order valence-corrected chi connectivity index (χ4v) is 12.2. The summed E-state index contributed by atoms with van der Waals surface area (Å²) in [5.41, 5.74) is 18.2. The largest absolute Gasteiger partial charge is 0.311 e. The molecule has 0 amide bonds. The highest BCUT2D eigenvalue weighted by Crippen LogP contribution is 2.62. The third-order valence-corrected chi connectivity index (χ3v) is 15.1. The van der Waals surface area contributed by atoms with Gasteiger partial charge in [0.05, 0.1) is 5.41 Å². The van der Waals surface area contributed by atoms with Gasteiger partial charge < -0.3 is 4.90 Å². The normalized spacial score (nSPS) is 19.3. The summed E-state index contributed by atoms with van der Waals surface area (Å²) in [7, 11) is 0. The average Bonchev–Trinajstić information content (AvgIpc) is 3.87. The van der Waals surface area contributed by atoms with E-state index in [-0.39, 0.29) is 0 Å². The fraction of sp³-hybridized carbons (Fsp3) is 0.0968. The monoisotopic (exact) mass is 839 g/mol. The Morgan fingerprint density at radius 2 is 1.22 bits per heavy atom. The minimum atomic E-state index is -0.511. The topological polar surface area (TPSA) is 3.24 Å². The van der Waals surface area contributed by atoms with Crippen LogP contribution in [0.25, 0.3) is 22.3 Å². The Kier molecular flexibility index (Phi) is 10.5. The molecule has 1 aliphatic heterocycles. The molecule has 1 heterocycles. The fourth-order valence-electron chi connectivity index (χ4n) is 10.6. The highest BCUT2D eigenvalue weighted by Gasteiger charge is 2.51. The van der Waals surface area contributed by atoms with Crippen molar-refractivity contribution >= 4 is 17.4 Å². The summed E-state index contributed by atoms with van der Waals surface area (Å²) in [5, 5.41) is 0.303. The Bertz CT molecular complexity index is 3020. The van der Waals surface area contributed by atoms with Gasteiger partial charge in [-0.1, -0.05) is 207 Å². The molecule has 0 N–H and O–H groups in total. The molecule has 64 heavy (non-hydrogen) atoms. The molecule has 4 aliphatic rings. The van der Waals surface area contributed by atoms with Crippen LogP contribution in [0.2, 0.25) is 0 Å². The number of benzene rings is 7. The molecule has 0 spiro atoms. The van der Waals surface area contributed by atoms with E-state index in [9.17, 15) is 0 Å². The highest BCUT2D eigenvalue weighted by molar-refractivity contribution is 8.00. The molecule has 0 bridgehead atoms. The maximum atomic E-state index is 4.87. The number of thioether (sulfide) groups is 1. The summed E-state index contributed by atoms with van der Waals surface area (Å²) in [6.45, 7) is 7.24. The summed E-state index contributed by atoms with van der Waals surface area (Å²) in [5.74, 6) is 0.661. The van der Waals surface area contributed by atoms with Crippen molar-refractivity contribution < 1.29 is 0 Å². The van der Waals surface area contributed by atoms with Crippen molar-refractivity contribution in [1.29, 1.82) is 0 Å². The van der Waals surface area contributed by atoms with E-state index in [1.165, 1.54) is 71.7 Å². The zero-order valence-electron chi connectivity index (χ0n) is 36.0. The number of nitrogens with zero attached hydrogens (tertiary/aromatic N) is 1. The van der Waals surface area contributed by atoms with Crippen molar-refractivity contribution in [2.24, 2.45) is 0 Å². The lowest BCUT2D eigenvalue weighted by molar-refractivity contribution is 0.736. The third-order valence-electron chi connectivity index (χ3n) is 13.7. The Morgan fingerprint density at radius 1 is 0.625 bits per heavy atom. The number of fused-ring (bicyclic) bond motifs is 4. The van der Waals surface area contributed by atoms with Gasteiger partial charge in [-0.25, -0.2) is 0 Å². The standard InChI is InChI=1S/C62H49NS/c1-43(63(53-35-31-47(32-36-53)45-18-7-3-8-19-45)54-37-33-48(34-38-54)50-23-17-22-49(42-50)46-20-9-4-10-21-46)30-40-57-44(2)60-58(41-39-56-55-28-15-16-29-59(55)64-61(56)60)62(57,51-24-11-5-12-25-51)52-26-13-6-14-27-52/h3-31,33-42,47,56,61H,1,32H2,2H3/b40-30-. The van der Waals surface area contributed by atoms with Crippen molar-refractivity contribution in [3.8, 4) is 22.3 Å². The van der Waals surface area contributed by atoms with Gasteiger partial charge in [-0.2, -0.15) is 0 Å². The second kappa shape index (κ2) is 16.9. The quantitative estimate of drug-likeness (QED) is 0.126. The first-order valence-corrected chi connectivity index (χ1v) is 23.3. The molecule has 3 aliphatic carbocycles. The molecule has 0 aromatic heterocycles. The van der Waals surface area contributed by atoms with Crippen molar-refractivity contribution in [2.45, 2.75) is 40.7 Å². The summed E-state index contributed by atoms with van der Waals surface area (Å²) < 4.78 is 0. The summed E-state index contributed by atoms with van der Waals surface area (Å²) in [6.07, 6.45) is 17.5. The number of allylic oxidation sites excluding steroid dienone is 10. The van der Waals surface area contributed by atoms with Crippen LogP contribution in [0.5, 0.6) is 0 Å². The number of rotatable bonds is 10. The van der Waals surface area contributed by atoms with E-state index >= 15 is 0 Å².